The van der Waals surface area contributed by atoms with Gasteiger partial charge < -0.3 is 5.32 Å². The summed E-state index contributed by atoms with van der Waals surface area (Å²) in [6.07, 6.45) is 10.2. The Hall–Kier alpha value is -0.410. The van der Waals surface area contributed by atoms with Gasteiger partial charge in [0.2, 0.25) is 0 Å². The van der Waals surface area contributed by atoms with E-state index in [1.54, 1.807) is 4.88 Å². The maximum absolute atomic E-state index is 5.06. The van der Waals surface area contributed by atoms with Crippen LogP contribution in [0.25, 0.3) is 0 Å². The van der Waals surface area contributed by atoms with Gasteiger partial charge in [-0.05, 0) is 56.9 Å². The monoisotopic (exact) mass is 292 g/mol. The smallest absolute Gasteiger partial charge is 0.113 e. The number of rotatable bonds is 4. The van der Waals surface area contributed by atoms with Crippen LogP contribution in [0, 0.1) is 5.41 Å². The summed E-state index contributed by atoms with van der Waals surface area (Å²) in [5.41, 5.74) is 2.01. The zero-order chi connectivity index (χ0) is 14.2. The standard InChI is InChI=1S/C17H28N2S/c1-4-11-18-17(10-6-9-16(2,3)12-17)15-19-13-7-5-8-14(13)20-15/h18H,4-12H2,1-3H3. The van der Waals surface area contributed by atoms with Crippen LogP contribution in [0.1, 0.15) is 74.9 Å². The van der Waals surface area contributed by atoms with Crippen LogP contribution in [-0.2, 0) is 18.4 Å². The molecule has 2 aliphatic rings. The summed E-state index contributed by atoms with van der Waals surface area (Å²) >= 11 is 2.00. The minimum Gasteiger partial charge on any atom is -0.305 e. The lowest BCUT2D eigenvalue weighted by atomic mass is 9.68. The molecule has 1 heterocycles. The second-order valence-corrected chi connectivity index (χ2v) is 8.53. The first-order valence-electron chi connectivity index (χ1n) is 8.29. The fourth-order valence-electron chi connectivity index (χ4n) is 4.03. The average Bonchev–Trinajstić information content (AvgIpc) is 2.96. The van der Waals surface area contributed by atoms with Crippen molar-refractivity contribution >= 4 is 11.3 Å². The summed E-state index contributed by atoms with van der Waals surface area (Å²) in [4.78, 5) is 6.63. The third kappa shape index (κ3) is 2.67. The molecule has 1 fully saturated rings. The van der Waals surface area contributed by atoms with Gasteiger partial charge in [-0.25, -0.2) is 4.98 Å². The molecule has 2 nitrogen and oxygen atoms in total. The van der Waals surface area contributed by atoms with E-state index in [2.05, 4.69) is 26.1 Å². The summed E-state index contributed by atoms with van der Waals surface area (Å²) < 4.78 is 0. The summed E-state index contributed by atoms with van der Waals surface area (Å²) in [5, 5.41) is 5.29. The number of aryl methyl sites for hydroxylation is 2. The molecule has 112 valence electrons. The maximum Gasteiger partial charge on any atom is 0.113 e. The molecule has 0 aliphatic heterocycles. The van der Waals surface area contributed by atoms with Gasteiger partial charge in [0.05, 0.1) is 11.2 Å². The van der Waals surface area contributed by atoms with Gasteiger partial charge in [-0.15, -0.1) is 11.3 Å². The molecule has 0 spiro atoms. The van der Waals surface area contributed by atoms with Crippen molar-refractivity contribution < 1.29 is 0 Å². The fraction of sp³-hybridized carbons (Fsp3) is 0.824. The van der Waals surface area contributed by atoms with Gasteiger partial charge in [0.15, 0.2) is 0 Å². The zero-order valence-electron chi connectivity index (χ0n) is 13.2. The number of thiazole rings is 1. The second-order valence-electron chi connectivity index (χ2n) is 7.45. The molecule has 3 rings (SSSR count). The lowest BCUT2D eigenvalue weighted by Gasteiger charge is -2.44. The number of hydrogen-bond acceptors (Lipinski definition) is 3. The van der Waals surface area contributed by atoms with Crippen molar-refractivity contribution in [2.24, 2.45) is 5.41 Å². The summed E-state index contributed by atoms with van der Waals surface area (Å²) in [6.45, 7) is 8.22. The molecule has 1 saturated carbocycles. The van der Waals surface area contributed by atoms with E-state index >= 15 is 0 Å². The van der Waals surface area contributed by atoms with Gasteiger partial charge in [0.1, 0.15) is 5.01 Å². The van der Waals surface area contributed by atoms with Crippen molar-refractivity contribution in [1.82, 2.24) is 10.3 Å². The Kier molecular flexibility index (Phi) is 3.93. The quantitative estimate of drug-likeness (QED) is 0.888. The van der Waals surface area contributed by atoms with Crippen molar-refractivity contribution in [3.8, 4) is 0 Å². The minimum absolute atomic E-state index is 0.159. The fourth-order valence-corrected chi connectivity index (χ4v) is 5.37. The topological polar surface area (TPSA) is 24.9 Å². The van der Waals surface area contributed by atoms with Crippen LogP contribution in [0.4, 0.5) is 0 Å². The Morgan fingerprint density at radius 2 is 2.05 bits per heavy atom. The van der Waals surface area contributed by atoms with E-state index in [9.17, 15) is 0 Å². The van der Waals surface area contributed by atoms with Crippen molar-refractivity contribution in [2.75, 3.05) is 6.54 Å². The van der Waals surface area contributed by atoms with Crippen molar-refractivity contribution in [2.45, 2.75) is 77.7 Å². The van der Waals surface area contributed by atoms with Crippen molar-refractivity contribution in [1.29, 1.82) is 0 Å². The van der Waals surface area contributed by atoms with E-state index in [1.165, 1.54) is 62.1 Å². The molecule has 1 atom stereocenters. The lowest BCUT2D eigenvalue weighted by Crippen LogP contribution is -2.48. The molecule has 0 aromatic carbocycles. The Morgan fingerprint density at radius 3 is 2.75 bits per heavy atom. The second kappa shape index (κ2) is 5.42. The highest BCUT2D eigenvalue weighted by atomic mass is 32.1. The number of hydrogen-bond donors (Lipinski definition) is 1. The minimum atomic E-state index is 0.159. The predicted octanol–water partition coefficient (Wildman–Crippen LogP) is 4.43. The molecule has 0 amide bonds. The number of aromatic nitrogens is 1. The van der Waals surface area contributed by atoms with Gasteiger partial charge in [-0.3, -0.25) is 0 Å². The van der Waals surface area contributed by atoms with Gasteiger partial charge in [-0.2, -0.15) is 0 Å². The van der Waals surface area contributed by atoms with Crippen LogP contribution in [0.15, 0.2) is 0 Å². The third-order valence-corrected chi connectivity index (χ3v) is 6.32. The molecule has 1 aromatic heterocycles. The van der Waals surface area contributed by atoms with Crippen molar-refractivity contribution in [3.63, 3.8) is 0 Å². The van der Waals surface area contributed by atoms with E-state index in [4.69, 9.17) is 4.98 Å². The van der Waals surface area contributed by atoms with Crippen LogP contribution < -0.4 is 5.32 Å². The third-order valence-electron chi connectivity index (χ3n) is 4.96. The van der Waals surface area contributed by atoms with Gasteiger partial charge in [-0.1, -0.05) is 27.2 Å². The van der Waals surface area contributed by atoms with Crippen LogP contribution in [-0.4, -0.2) is 11.5 Å². The molecule has 1 N–H and O–H groups in total. The van der Waals surface area contributed by atoms with Crippen LogP contribution in [0.5, 0.6) is 0 Å². The SMILES string of the molecule is CCCNC1(c2nc3c(s2)CCC3)CCCC(C)(C)C1. The number of nitrogens with one attached hydrogen (secondary N) is 1. The molecule has 1 unspecified atom stereocenters. The van der Waals surface area contributed by atoms with E-state index in [-0.39, 0.29) is 5.54 Å². The largest absolute Gasteiger partial charge is 0.305 e. The highest BCUT2D eigenvalue weighted by molar-refractivity contribution is 7.12. The Balaban J connectivity index is 1.91. The molecular formula is C17H28N2S. The Bertz CT molecular complexity index is 456. The summed E-state index contributed by atoms with van der Waals surface area (Å²) in [6, 6.07) is 0. The van der Waals surface area contributed by atoms with Crippen LogP contribution >= 0.6 is 11.3 Å². The zero-order valence-corrected chi connectivity index (χ0v) is 14.0. The molecule has 20 heavy (non-hydrogen) atoms. The summed E-state index contributed by atoms with van der Waals surface area (Å²) in [5.74, 6) is 0. The van der Waals surface area contributed by atoms with Crippen LogP contribution in [0.2, 0.25) is 0 Å². The van der Waals surface area contributed by atoms with Crippen LogP contribution in [0.3, 0.4) is 0 Å². The first-order chi connectivity index (χ1) is 9.55. The number of fused-ring (bicyclic) bond motifs is 1. The molecule has 0 saturated heterocycles. The van der Waals surface area contributed by atoms with E-state index < -0.39 is 0 Å². The van der Waals surface area contributed by atoms with E-state index in [0.717, 1.165) is 6.54 Å². The molecule has 3 heteroatoms. The van der Waals surface area contributed by atoms with Gasteiger partial charge in [0, 0.05) is 4.88 Å². The maximum atomic E-state index is 5.06. The van der Waals surface area contributed by atoms with Crippen molar-refractivity contribution in [3.05, 3.63) is 15.6 Å². The highest BCUT2D eigenvalue weighted by Crippen LogP contribution is 2.48. The lowest BCUT2D eigenvalue weighted by molar-refractivity contribution is 0.118. The number of nitrogens with zero attached hydrogens (tertiary/aromatic N) is 1. The van der Waals surface area contributed by atoms with Gasteiger partial charge in [0.25, 0.3) is 0 Å². The molecular weight excluding hydrogens is 264 g/mol. The molecule has 0 bridgehead atoms. The molecule has 0 radical (unpaired) electrons. The van der Waals surface area contributed by atoms with E-state index in [1.807, 2.05) is 11.3 Å². The average molecular weight is 292 g/mol. The highest BCUT2D eigenvalue weighted by Gasteiger charge is 2.43. The molecule has 2 aliphatic carbocycles. The Labute approximate surface area is 127 Å². The first-order valence-corrected chi connectivity index (χ1v) is 9.10. The Morgan fingerprint density at radius 1 is 1.20 bits per heavy atom. The normalized spacial score (nSPS) is 28.6. The summed E-state index contributed by atoms with van der Waals surface area (Å²) in [7, 11) is 0. The first kappa shape index (κ1) is 14.5. The predicted molar refractivity (Wildman–Crippen MR) is 86.4 cm³/mol. The van der Waals surface area contributed by atoms with E-state index in [0.29, 0.717) is 5.41 Å². The van der Waals surface area contributed by atoms with Gasteiger partial charge >= 0.3 is 0 Å². The molecule has 1 aromatic rings.